The monoisotopic (exact) mass is 319 g/mol. The maximum Gasteiger partial charge on any atom is 0.248 e. The number of nitrogens with one attached hydrogen (secondary N) is 2. The fourth-order valence-corrected chi connectivity index (χ4v) is 2.79. The summed E-state index contributed by atoms with van der Waals surface area (Å²) in [5.74, 6) is 0.587. The zero-order chi connectivity index (χ0) is 16.3. The van der Waals surface area contributed by atoms with E-state index in [-0.39, 0.29) is 5.91 Å². The van der Waals surface area contributed by atoms with Gasteiger partial charge in [-0.15, -0.1) is 11.3 Å². The van der Waals surface area contributed by atoms with Crippen LogP contribution in [0.5, 0.6) is 5.75 Å². The smallest absolute Gasteiger partial charge is 0.248 e. The molecule has 0 saturated heterocycles. The lowest BCUT2D eigenvalue weighted by Crippen LogP contribution is -2.32. The molecule has 0 bridgehead atoms. The predicted octanol–water partition coefficient (Wildman–Crippen LogP) is 3.52. The maximum absolute atomic E-state index is 12.3. The van der Waals surface area contributed by atoms with Gasteiger partial charge in [-0.3, -0.25) is 4.79 Å². The van der Waals surface area contributed by atoms with Gasteiger partial charge in [-0.25, -0.2) is 4.98 Å². The molecule has 0 saturated carbocycles. The SMILES string of the molecule is COc1ccc(C)cc1N[C@H](C)C(=O)Nc1nc(C)c(C)s1. The maximum atomic E-state index is 12.3. The molecule has 1 aromatic heterocycles. The number of ether oxygens (including phenoxy) is 1. The average molecular weight is 319 g/mol. The molecule has 0 fully saturated rings. The van der Waals surface area contributed by atoms with Crippen LogP contribution in [0.3, 0.4) is 0 Å². The first kappa shape index (κ1) is 16.3. The zero-order valence-corrected chi connectivity index (χ0v) is 14.3. The van der Waals surface area contributed by atoms with Crippen LogP contribution in [0.1, 0.15) is 23.1 Å². The fraction of sp³-hybridized carbons (Fsp3) is 0.375. The van der Waals surface area contributed by atoms with Gasteiger partial charge in [-0.05, 0) is 45.4 Å². The first-order valence-electron chi connectivity index (χ1n) is 7.06. The number of thiazole rings is 1. The number of methoxy groups -OCH3 is 1. The van der Waals surface area contributed by atoms with Crippen LogP contribution in [-0.4, -0.2) is 24.0 Å². The van der Waals surface area contributed by atoms with Crippen LogP contribution in [0.25, 0.3) is 0 Å². The summed E-state index contributed by atoms with van der Waals surface area (Å²) >= 11 is 1.48. The number of hydrogen-bond donors (Lipinski definition) is 2. The summed E-state index contributed by atoms with van der Waals surface area (Å²) in [6, 6.07) is 5.41. The third-order valence-corrected chi connectivity index (χ3v) is 4.37. The molecule has 0 aliphatic carbocycles. The molecule has 1 amide bonds. The van der Waals surface area contributed by atoms with E-state index in [9.17, 15) is 4.79 Å². The Bertz CT molecular complexity index is 663. The molecule has 0 aliphatic heterocycles. The van der Waals surface area contributed by atoms with Crippen LogP contribution in [0.15, 0.2) is 18.2 Å². The molecular formula is C16H21N3O2S. The van der Waals surface area contributed by atoms with E-state index in [1.54, 1.807) is 7.11 Å². The Morgan fingerprint density at radius 1 is 1.32 bits per heavy atom. The second-order valence-electron chi connectivity index (χ2n) is 5.22. The van der Waals surface area contributed by atoms with Gasteiger partial charge in [0.15, 0.2) is 5.13 Å². The lowest BCUT2D eigenvalue weighted by molar-refractivity contribution is -0.116. The Kier molecular flexibility index (Phi) is 5.03. The summed E-state index contributed by atoms with van der Waals surface area (Å²) in [5.41, 5.74) is 2.85. The van der Waals surface area contributed by atoms with Crippen molar-refractivity contribution in [2.24, 2.45) is 0 Å². The van der Waals surface area contributed by atoms with Gasteiger partial charge in [0.25, 0.3) is 0 Å². The molecule has 0 aliphatic rings. The van der Waals surface area contributed by atoms with Crippen LogP contribution in [0, 0.1) is 20.8 Å². The van der Waals surface area contributed by atoms with E-state index in [4.69, 9.17) is 4.74 Å². The second kappa shape index (κ2) is 6.79. The molecule has 2 rings (SSSR count). The molecule has 22 heavy (non-hydrogen) atoms. The van der Waals surface area contributed by atoms with Crippen molar-refractivity contribution in [1.82, 2.24) is 4.98 Å². The highest BCUT2D eigenvalue weighted by Crippen LogP contribution is 2.26. The molecule has 1 aromatic carbocycles. The lowest BCUT2D eigenvalue weighted by atomic mass is 10.2. The summed E-state index contributed by atoms with van der Waals surface area (Å²) < 4.78 is 5.31. The minimum Gasteiger partial charge on any atom is -0.495 e. The van der Waals surface area contributed by atoms with E-state index < -0.39 is 6.04 Å². The first-order chi connectivity index (χ1) is 10.4. The number of nitrogens with zero attached hydrogens (tertiary/aromatic N) is 1. The van der Waals surface area contributed by atoms with Gasteiger partial charge >= 0.3 is 0 Å². The normalized spacial score (nSPS) is 11.9. The fourth-order valence-electron chi connectivity index (χ4n) is 1.97. The Hall–Kier alpha value is -2.08. The molecule has 5 nitrogen and oxygen atoms in total. The highest BCUT2D eigenvalue weighted by Gasteiger charge is 2.16. The Labute approximate surface area is 134 Å². The van der Waals surface area contributed by atoms with Gasteiger partial charge in [-0.1, -0.05) is 6.07 Å². The van der Waals surface area contributed by atoms with Crippen molar-refractivity contribution < 1.29 is 9.53 Å². The summed E-state index contributed by atoms with van der Waals surface area (Å²) in [5, 5.41) is 6.65. The van der Waals surface area contributed by atoms with Crippen molar-refractivity contribution in [3.8, 4) is 5.75 Å². The highest BCUT2D eigenvalue weighted by molar-refractivity contribution is 7.15. The molecule has 118 valence electrons. The highest BCUT2D eigenvalue weighted by atomic mass is 32.1. The average Bonchev–Trinajstić information content (AvgIpc) is 2.77. The predicted molar refractivity (Wildman–Crippen MR) is 91.0 cm³/mol. The van der Waals surface area contributed by atoms with E-state index in [0.29, 0.717) is 10.9 Å². The van der Waals surface area contributed by atoms with Crippen LogP contribution >= 0.6 is 11.3 Å². The van der Waals surface area contributed by atoms with E-state index in [0.717, 1.165) is 21.8 Å². The van der Waals surface area contributed by atoms with Crippen LogP contribution in [0.2, 0.25) is 0 Å². The number of hydrogen-bond acceptors (Lipinski definition) is 5. The Morgan fingerprint density at radius 2 is 2.05 bits per heavy atom. The topological polar surface area (TPSA) is 63.2 Å². The van der Waals surface area contributed by atoms with E-state index in [2.05, 4.69) is 15.6 Å². The van der Waals surface area contributed by atoms with E-state index >= 15 is 0 Å². The zero-order valence-electron chi connectivity index (χ0n) is 13.5. The van der Waals surface area contributed by atoms with Gasteiger partial charge < -0.3 is 15.4 Å². The molecule has 2 N–H and O–H groups in total. The van der Waals surface area contributed by atoms with Crippen molar-refractivity contribution in [2.45, 2.75) is 33.7 Å². The molecule has 6 heteroatoms. The summed E-state index contributed by atoms with van der Waals surface area (Å²) in [7, 11) is 1.61. The van der Waals surface area contributed by atoms with Gasteiger partial charge in [0.2, 0.25) is 5.91 Å². The van der Waals surface area contributed by atoms with Crippen LogP contribution in [-0.2, 0) is 4.79 Å². The summed E-state index contributed by atoms with van der Waals surface area (Å²) in [6.45, 7) is 7.73. The van der Waals surface area contributed by atoms with E-state index in [1.165, 1.54) is 11.3 Å². The van der Waals surface area contributed by atoms with Crippen molar-refractivity contribution >= 4 is 28.1 Å². The van der Waals surface area contributed by atoms with Gasteiger partial charge in [0.1, 0.15) is 11.8 Å². The quantitative estimate of drug-likeness (QED) is 0.885. The molecule has 2 aromatic rings. The van der Waals surface area contributed by atoms with Crippen LogP contribution in [0.4, 0.5) is 10.8 Å². The van der Waals surface area contributed by atoms with Crippen molar-refractivity contribution in [3.05, 3.63) is 34.3 Å². The number of anilines is 2. The third-order valence-electron chi connectivity index (χ3n) is 3.38. The summed E-state index contributed by atoms with van der Waals surface area (Å²) in [4.78, 5) is 17.7. The number of aromatic nitrogens is 1. The number of carbonyl (C=O) groups is 1. The molecule has 1 atom stereocenters. The molecule has 0 radical (unpaired) electrons. The summed E-state index contributed by atoms with van der Waals surface area (Å²) in [6.07, 6.45) is 0. The van der Waals surface area contributed by atoms with Gasteiger partial charge in [0.05, 0.1) is 18.5 Å². The van der Waals surface area contributed by atoms with Crippen molar-refractivity contribution in [1.29, 1.82) is 0 Å². The molecule has 0 unspecified atom stereocenters. The first-order valence-corrected chi connectivity index (χ1v) is 7.88. The van der Waals surface area contributed by atoms with Gasteiger partial charge in [0, 0.05) is 4.88 Å². The Morgan fingerprint density at radius 3 is 2.64 bits per heavy atom. The number of benzene rings is 1. The lowest BCUT2D eigenvalue weighted by Gasteiger charge is -2.17. The minimum atomic E-state index is -0.403. The third kappa shape index (κ3) is 3.76. The standard InChI is InChI=1S/C16H21N3O2S/c1-9-6-7-14(21-5)13(8-9)17-11(3)15(20)19-16-18-10(2)12(4)22-16/h6-8,11,17H,1-5H3,(H,18,19,20)/t11-/m1/s1. The Balaban J connectivity index is 2.06. The van der Waals surface area contributed by atoms with Gasteiger partial charge in [-0.2, -0.15) is 0 Å². The number of carbonyl (C=O) groups excluding carboxylic acids is 1. The van der Waals surface area contributed by atoms with Crippen molar-refractivity contribution in [2.75, 3.05) is 17.7 Å². The van der Waals surface area contributed by atoms with E-state index in [1.807, 2.05) is 45.9 Å². The number of rotatable bonds is 5. The largest absolute Gasteiger partial charge is 0.495 e. The molecule has 0 spiro atoms. The second-order valence-corrected chi connectivity index (χ2v) is 6.42. The minimum absolute atomic E-state index is 0.127. The van der Waals surface area contributed by atoms with Crippen molar-refractivity contribution in [3.63, 3.8) is 0 Å². The number of amides is 1. The van der Waals surface area contributed by atoms with Crippen LogP contribution < -0.4 is 15.4 Å². The molecule has 1 heterocycles. The number of aryl methyl sites for hydroxylation is 3. The molecular weight excluding hydrogens is 298 g/mol.